The van der Waals surface area contributed by atoms with Crippen molar-refractivity contribution in [1.82, 2.24) is 4.90 Å². The Morgan fingerprint density at radius 3 is 2.32 bits per heavy atom. The monoisotopic (exact) mass is 325 g/mol. The Balaban J connectivity index is 2.40. The third kappa shape index (κ3) is 5.16. The summed E-state index contributed by atoms with van der Waals surface area (Å²) in [7, 11) is 1.50. The number of carbonyl (C=O) groups is 2. The van der Waals surface area contributed by atoms with Gasteiger partial charge in [-0.3, -0.25) is 19.5 Å². The summed E-state index contributed by atoms with van der Waals surface area (Å²) in [6.07, 6.45) is 2.96. The summed E-state index contributed by atoms with van der Waals surface area (Å²) in [5.74, 6) is 1.91. The minimum Gasteiger partial charge on any atom is -0.387 e. The number of rotatable bonds is 8. The topological polar surface area (TPSA) is 75.8 Å². The molecule has 1 rings (SSSR count). The Morgan fingerprint density at radius 2 is 1.86 bits per heavy atom. The van der Waals surface area contributed by atoms with Crippen LogP contribution >= 0.6 is 11.8 Å². The van der Waals surface area contributed by atoms with Gasteiger partial charge in [-0.05, 0) is 24.0 Å². The van der Waals surface area contributed by atoms with E-state index in [0.717, 1.165) is 17.1 Å². The minimum absolute atomic E-state index is 0.212. The fraction of sp³-hybridized carbons (Fsp3) is 0.688. The van der Waals surface area contributed by atoms with Crippen molar-refractivity contribution >= 4 is 29.4 Å². The molecule has 0 fully saturated rings. The zero-order valence-corrected chi connectivity index (χ0v) is 14.9. The van der Waals surface area contributed by atoms with Crippen LogP contribution in [0.1, 0.15) is 40.5 Å². The summed E-state index contributed by atoms with van der Waals surface area (Å²) in [5.41, 5.74) is 6.01. The molecule has 1 aliphatic heterocycles. The van der Waals surface area contributed by atoms with E-state index in [0.29, 0.717) is 29.0 Å². The molecule has 1 heterocycles. The number of hydrogen-bond acceptors (Lipinski definition) is 4. The number of thioether (sulfide) groups is 1. The third-order valence-corrected chi connectivity index (χ3v) is 4.71. The van der Waals surface area contributed by atoms with Crippen molar-refractivity contribution in [3.05, 3.63) is 11.0 Å². The van der Waals surface area contributed by atoms with Gasteiger partial charge in [0.2, 0.25) is 0 Å². The molecule has 0 saturated heterocycles. The summed E-state index contributed by atoms with van der Waals surface area (Å²) in [6.45, 7) is 8.62. The highest BCUT2D eigenvalue weighted by Crippen LogP contribution is 2.24. The first-order valence-electron chi connectivity index (χ1n) is 7.72. The van der Waals surface area contributed by atoms with E-state index >= 15 is 0 Å². The van der Waals surface area contributed by atoms with Crippen molar-refractivity contribution in [2.24, 2.45) is 22.6 Å². The average Bonchev–Trinajstić information content (AvgIpc) is 2.67. The Labute approximate surface area is 137 Å². The first kappa shape index (κ1) is 18.7. The molecule has 0 aromatic carbocycles. The molecule has 2 amide bonds. The van der Waals surface area contributed by atoms with Crippen LogP contribution in [0, 0.1) is 11.8 Å². The number of amides is 2. The largest absolute Gasteiger partial charge is 0.387 e. The molecule has 5 nitrogen and oxygen atoms in total. The lowest BCUT2D eigenvalue weighted by Crippen LogP contribution is -2.25. The van der Waals surface area contributed by atoms with Crippen molar-refractivity contribution in [3.8, 4) is 0 Å². The number of nitrogens with zero attached hydrogens (tertiary/aromatic N) is 2. The van der Waals surface area contributed by atoms with E-state index in [1.807, 2.05) is 0 Å². The lowest BCUT2D eigenvalue weighted by molar-refractivity contribution is -0.135. The van der Waals surface area contributed by atoms with Crippen LogP contribution in [-0.2, 0) is 9.59 Å². The highest BCUT2D eigenvalue weighted by atomic mass is 32.2. The van der Waals surface area contributed by atoms with Gasteiger partial charge in [0, 0.05) is 19.5 Å². The van der Waals surface area contributed by atoms with E-state index in [9.17, 15) is 9.59 Å². The molecule has 0 saturated carbocycles. The van der Waals surface area contributed by atoms with Crippen molar-refractivity contribution in [1.29, 1.82) is 0 Å². The van der Waals surface area contributed by atoms with Gasteiger partial charge in [-0.25, -0.2) is 0 Å². The molecule has 6 heteroatoms. The van der Waals surface area contributed by atoms with Crippen molar-refractivity contribution in [3.63, 3.8) is 0 Å². The molecule has 0 radical (unpaired) electrons. The SMILES string of the molecule is CC(C)C(N=C(N)CCCSC1=CC(=O)N(C)C1=O)C(C)C. The standard InChI is InChI=1S/C16H27N3O2S/c1-10(2)15(11(3)4)18-13(17)7-6-8-22-12-9-14(20)19(5)16(12)21/h9-11,15H,6-8H2,1-5H3,(H2,17,18). The summed E-state index contributed by atoms with van der Waals surface area (Å²) in [6, 6.07) is 0.248. The molecule has 124 valence electrons. The zero-order chi connectivity index (χ0) is 16.9. The summed E-state index contributed by atoms with van der Waals surface area (Å²) in [4.78, 5) is 29.3. The second-order valence-electron chi connectivity index (χ2n) is 6.26. The van der Waals surface area contributed by atoms with Crippen LogP contribution in [0.15, 0.2) is 16.0 Å². The number of likely N-dealkylation sites (N-methyl/N-ethyl adjacent to an activating group) is 1. The van der Waals surface area contributed by atoms with Crippen molar-refractivity contribution in [2.45, 2.75) is 46.6 Å². The summed E-state index contributed by atoms with van der Waals surface area (Å²) >= 11 is 1.41. The summed E-state index contributed by atoms with van der Waals surface area (Å²) in [5, 5.41) is 0. The second kappa shape index (κ2) is 8.36. The highest BCUT2D eigenvalue weighted by Gasteiger charge is 2.27. The predicted octanol–water partition coefficient (Wildman–Crippen LogP) is 2.42. The van der Waals surface area contributed by atoms with Gasteiger partial charge in [-0.1, -0.05) is 27.7 Å². The molecule has 0 aliphatic carbocycles. The normalized spacial score (nSPS) is 16.5. The van der Waals surface area contributed by atoms with Crippen LogP contribution in [0.25, 0.3) is 0 Å². The Kier molecular flexibility index (Phi) is 7.13. The van der Waals surface area contributed by atoms with Crippen LogP contribution in [-0.4, -0.2) is 41.4 Å². The first-order valence-corrected chi connectivity index (χ1v) is 8.71. The molecule has 0 spiro atoms. The lowest BCUT2D eigenvalue weighted by atomic mass is 9.94. The molecule has 0 aromatic rings. The van der Waals surface area contributed by atoms with Gasteiger partial charge in [0.15, 0.2) is 0 Å². The van der Waals surface area contributed by atoms with Gasteiger partial charge in [-0.15, -0.1) is 11.8 Å². The van der Waals surface area contributed by atoms with Gasteiger partial charge < -0.3 is 5.73 Å². The predicted molar refractivity (Wildman–Crippen MR) is 92.6 cm³/mol. The van der Waals surface area contributed by atoms with Crippen LogP contribution in [0.2, 0.25) is 0 Å². The number of imide groups is 1. The van der Waals surface area contributed by atoms with Crippen molar-refractivity contribution < 1.29 is 9.59 Å². The molecule has 0 aromatic heterocycles. The Bertz CT molecular complexity index is 476. The van der Waals surface area contributed by atoms with Gasteiger partial charge in [0.25, 0.3) is 11.8 Å². The Morgan fingerprint density at radius 1 is 1.27 bits per heavy atom. The highest BCUT2D eigenvalue weighted by molar-refractivity contribution is 8.04. The number of hydrogen-bond donors (Lipinski definition) is 1. The average molecular weight is 325 g/mol. The van der Waals surface area contributed by atoms with E-state index in [2.05, 4.69) is 32.7 Å². The second-order valence-corrected chi connectivity index (χ2v) is 7.40. The molecule has 2 N–H and O–H groups in total. The maximum Gasteiger partial charge on any atom is 0.267 e. The van der Waals surface area contributed by atoms with Crippen LogP contribution < -0.4 is 5.73 Å². The number of carbonyl (C=O) groups excluding carboxylic acids is 2. The molecular formula is C16H27N3O2S. The van der Waals surface area contributed by atoms with E-state index in [-0.39, 0.29) is 17.9 Å². The van der Waals surface area contributed by atoms with E-state index in [4.69, 9.17) is 5.73 Å². The molecular weight excluding hydrogens is 298 g/mol. The van der Waals surface area contributed by atoms with Crippen LogP contribution in [0.4, 0.5) is 0 Å². The van der Waals surface area contributed by atoms with Gasteiger partial charge in [0.1, 0.15) is 0 Å². The Hall–Kier alpha value is -1.30. The van der Waals surface area contributed by atoms with Crippen LogP contribution in [0.3, 0.4) is 0 Å². The van der Waals surface area contributed by atoms with Gasteiger partial charge >= 0.3 is 0 Å². The summed E-state index contributed by atoms with van der Waals surface area (Å²) < 4.78 is 0. The molecule has 0 atom stereocenters. The first-order chi connectivity index (χ1) is 10.2. The van der Waals surface area contributed by atoms with E-state index < -0.39 is 0 Å². The number of nitrogens with two attached hydrogens (primary N) is 1. The quantitative estimate of drug-likeness (QED) is 0.322. The smallest absolute Gasteiger partial charge is 0.267 e. The fourth-order valence-electron chi connectivity index (χ4n) is 2.40. The van der Waals surface area contributed by atoms with Crippen LogP contribution in [0.5, 0.6) is 0 Å². The third-order valence-electron chi connectivity index (χ3n) is 3.62. The van der Waals surface area contributed by atoms with E-state index in [1.54, 1.807) is 0 Å². The number of aliphatic imine (C=N–C) groups is 1. The maximum absolute atomic E-state index is 11.7. The van der Waals surface area contributed by atoms with Gasteiger partial charge in [-0.2, -0.15) is 0 Å². The van der Waals surface area contributed by atoms with Crippen molar-refractivity contribution in [2.75, 3.05) is 12.8 Å². The zero-order valence-electron chi connectivity index (χ0n) is 14.1. The molecule has 1 aliphatic rings. The maximum atomic E-state index is 11.7. The number of amidine groups is 1. The van der Waals surface area contributed by atoms with E-state index in [1.165, 1.54) is 24.9 Å². The minimum atomic E-state index is -0.245. The fourth-order valence-corrected chi connectivity index (χ4v) is 3.35. The molecule has 0 unspecified atom stereocenters. The molecule has 22 heavy (non-hydrogen) atoms. The lowest BCUT2D eigenvalue weighted by Gasteiger charge is -2.21. The van der Waals surface area contributed by atoms with Gasteiger partial charge in [0.05, 0.1) is 16.8 Å². The molecule has 0 bridgehead atoms.